The molecule has 0 N–H and O–H groups in total. The second-order valence-corrected chi connectivity index (χ2v) is 6.99. The molecule has 27 heavy (non-hydrogen) atoms. The first-order valence-corrected chi connectivity index (χ1v) is 9.31. The van der Waals surface area contributed by atoms with E-state index in [-0.39, 0.29) is 36.3 Å². The van der Waals surface area contributed by atoms with Crippen molar-refractivity contribution in [3.8, 4) is 0 Å². The maximum absolute atomic E-state index is 13.1. The highest BCUT2D eigenvalue weighted by Crippen LogP contribution is 2.17. The molecule has 1 atom stereocenters. The van der Waals surface area contributed by atoms with E-state index in [4.69, 9.17) is 13.6 Å². The number of carbonyl (C=O) groups excluding carboxylic acids is 2. The molecule has 0 aromatic carbocycles. The highest BCUT2D eigenvalue weighted by atomic mass is 16.5. The molecule has 1 fully saturated rings. The number of amides is 2. The van der Waals surface area contributed by atoms with E-state index in [2.05, 4.69) is 0 Å². The number of ether oxygens (including phenoxy) is 1. The van der Waals surface area contributed by atoms with Crippen molar-refractivity contribution in [2.45, 2.75) is 45.4 Å². The number of furan rings is 2. The van der Waals surface area contributed by atoms with Crippen molar-refractivity contribution in [1.29, 1.82) is 0 Å². The van der Waals surface area contributed by atoms with Gasteiger partial charge in [0.1, 0.15) is 12.3 Å². The summed E-state index contributed by atoms with van der Waals surface area (Å²) in [7, 11) is 0. The molecule has 1 saturated heterocycles. The smallest absolute Gasteiger partial charge is 0.290 e. The summed E-state index contributed by atoms with van der Waals surface area (Å²) in [6.07, 6.45) is 5.00. The van der Waals surface area contributed by atoms with Crippen molar-refractivity contribution in [1.82, 2.24) is 9.80 Å². The van der Waals surface area contributed by atoms with Gasteiger partial charge >= 0.3 is 0 Å². The molecular formula is C20H26N2O5. The Morgan fingerprint density at radius 1 is 1.19 bits per heavy atom. The summed E-state index contributed by atoms with van der Waals surface area (Å²) >= 11 is 0. The van der Waals surface area contributed by atoms with Crippen molar-refractivity contribution < 1.29 is 23.2 Å². The van der Waals surface area contributed by atoms with Crippen LogP contribution in [0.5, 0.6) is 0 Å². The van der Waals surface area contributed by atoms with Crippen LogP contribution in [-0.2, 0) is 16.1 Å². The minimum absolute atomic E-state index is 0.0232. The second-order valence-electron chi connectivity index (χ2n) is 6.99. The molecule has 0 aliphatic carbocycles. The van der Waals surface area contributed by atoms with Gasteiger partial charge in [-0.1, -0.05) is 0 Å². The van der Waals surface area contributed by atoms with E-state index < -0.39 is 0 Å². The zero-order valence-electron chi connectivity index (χ0n) is 15.8. The van der Waals surface area contributed by atoms with Crippen molar-refractivity contribution in [3.63, 3.8) is 0 Å². The largest absolute Gasteiger partial charge is 0.467 e. The SMILES string of the molecule is CC(C)N(CC(=O)N(Cc1ccco1)CC1CCCO1)C(=O)c1ccco1. The van der Waals surface area contributed by atoms with E-state index >= 15 is 0 Å². The standard InChI is InChI=1S/C20H26N2O5/c1-15(2)22(20(24)18-8-5-11-27-18)14-19(23)21(12-16-6-3-9-25-16)13-17-7-4-10-26-17/h3,5-6,8-9,11,15,17H,4,7,10,12-14H2,1-2H3. The summed E-state index contributed by atoms with van der Waals surface area (Å²) in [6.45, 7) is 5.30. The zero-order chi connectivity index (χ0) is 19.2. The number of rotatable bonds is 8. The molecule has 146 valence electrons. The Labute approximate surface area is 158 Å². The molecule has 7 nitrogen and oxygen atoms in total. The van der Waals surface area contributed by atoms with Crippen molar-refractivity contribution in [2.24, 2.45) is 0 Å². The summed E-state index contributed by atoms with van der Waals surface area (Å²) < 4.78 is 16.3. The Kier molecular flexibility index (Phi) is 6.34. The minimum atomic E-state index is -0.293. The van der Waals surface area contributed by atoms with E-state index in [1.54, 1.807) is 29.4 Å². The number of carbonyl (C=O) groups is 2. The van der Waals surface area contributed by atoms with Gasteiger partial charge in [0, 0.05) is 19.2 Å². The van der Waals surface area contributed by atoms with Crippen LogP contribution in [0.2, 0.25) is 0 Å². The molecule has 0 saturated carbocycles. The summed E-state index contributed by atoms with van der Waals surface area (Å²) in [5.41, 5.74) is 0. The first kappa shape index (κ1) is 19.2. The third-order valence-corrected chi connectivity index (χ3v) is 4.65. The molecule has 7 heteroatoms. The fraction of sp³-hybridized carbons (Fsp3) is 0.500. The summed E-state index contributed by atoms with van der Waals surface area (Å²) in [4.78, 5) is 29.0. The molecule has 2 aromatic rings. The van der Waals surface area contributed by atoms with Crippen LogP contribution in [0.3, 0.4) is 0 Å². The number of hydrogen-bond acceptors (Lipinski definition) is 5. The van der Waals surface area contributed by atoms with Gasteiger partial charge in [0.15, 0.2) is 5.76 Å². The van der Waals surface area contributed by atoms with Crippen molar-refractivity contribution >= 4 is 11.8 Å². The molecule has 1 aliphatic rings. The van der Waals surface area contributed by atoms with E-state index in [1.165, 1.54) is 11.2 Å². The maximum atomic E-state index is 13.1. The molecule has 2 aromatic heterocycles. The molecule has 3 heterocycles. The Balaban J connectivity index is 1.71. The predicted molar refractivity (Wildman–Crippen MR) is 98.0 cm³/mol. The fourth-order valence-electron chi connectivity index (χ4n) is 3.16. The average Bonchev–Trinajstić information content (AvgIpc) is 3.41. The van der Waals surface area contributed by atoms with E-state index in [9.17, 15) is 9.59 Å². The Morgan fingerprint density at radius 2 is 1.96 bits per heavy atom. The molecule has 0 bridgehead atoms. The number of hydrogen-bond donors (Lipinski definition) is 0. The van der Waals surface area contributed by atoms with Gasteiger partial charge in [-0.2, -0.15) is 0 Å². The molecule has 0 spiro atoms. The summed E-state index contributed by atoms with van der Waals surface area (Å²) in [5.74, 6) is 0.497. The topological polar surface area (TPSA) is 76.1 Å². The van der Waals surface area contributed by atoms with E-state index in [0.29, 0.717) is 18.8 Å². The van der Waals surface area contributed by atoms with Gasteiger partial charge in [0.05, 0.1) is 25.2 Å². The van der Waals surface area contributed by atoms with Crippen LogP contribution >= 0.6 is 0 Å². The third-order valence-electron chi connectivity index (χ3n) is 4.65. The molecule has 2 amide bonds. The number of nitrogens with zero attached hydrogens (tertiary/aromatic N) is 2. The summed E-state index contributed by atoms with van der Waals surface area (Å²) in [6, 6.07) is 6.76. The average molecular weight is 374 g/mol. The molecule has 1 aliphatic heterocycles. The second kappa shape index (κ2) is 8.90. The van der Waals surface area contributed by atoms with Gasteiger partial charge in [0.25, 0.3) is 5.91 Å². The molecule has 3 rings (SSSR count). The lowest BCUT2D eigenvalue weighted by Gasteiger charge is -2.30. The first-order chi connectivity index (χ1) is 13.0. The highest BCUT2D eigenvalue weighted by Gasteiger charge is 2.28. The lowest BCUT2D eigenvalue weighted by molar-refractivity contribution is -0.134. The monoisotopic (exact) mass is 374 g/mol. The zero-order valence-corrected chi connectivity index (χ0v) is 15.8. The molecular weight excluding hydrogens is 348 g/mol. The maximum Gasteiger partial charge on any atom is 0.290 e. The van der Waals surface area contributed by atoms with Crippen LogP contribution < -0.4 is 0 Å². The Bertz CT molecular complexity index is 718. The third kappa shape index (κ3) is 5.01. The van der Waals surface area contributed by atoms with Gasteiger partial charge in [-0.25, -0.2) is 0 Å². The summed E-state index contributed by atoms with van der Waals surface area (Å²) in [5, 5.41) is 0. The van der Waals surface area contributed by atoms with Gasteiger partial charge < -0.3 is 23.4 Å². The molecule has 0 radical (unpaired) electrons. The quantitative estimate of drug-likeness (QED) is 0.710. The first-order valence-electron chi connectivity index (χ1n) is 9.31. The Hall–Kier alpha value is -2.54. The molecule has 1 unspecified atom stereocenters. The van der Waals surface area contributed by atoms with Gasteiger partial charge in [0.2, 0.25) is 5.91 Å². The van der Waals surface area contributed by atoms with Crippen LogP contribution in [0.25, 0.3) is 0 Å². The predicted octanol–water partition coefficient (Wildman–Crippen LogP) is 2.93. The van der Waals surface area contributed by atoms with Crippen LogP contribution in [0.15, 0.2) is 45.6 Å². The lowest BCUT2D eigenvalue weighted by atomic mass is 10.2. The Morgan fingerprint density at radius 3 is 2.56 bits per heavy atom. The van der Waals surface area contributed by atoms with Gasteiger partial charge in [-0.3, -0.25) is 9.59 Å². The van der Waals surface area contributed by atoms with Crippen LogP contribution in [-0.4, -0.2) is 53.5 Å². The normalized spacial score (nSPS) is 16.6. The highest BCUT2D eigenvalue weighted by molar-refractivity contribution is 5.94. The van der Waals surface area contributed by atoms with Crippen LogP contribution in [0.4, 0.5) is 0 Å². The van der Waals surface area contributed by atoms with Gasteiger partial charge in [-0.05, 0) is 51.0 Å². The van der Waals surface area contributed by atoms with Crippen LogP contribution in [0, 0.1) is 0 Å². The lowest BCUT2D eigenvalue weighted by Crippen LogP contribution is -2.47. The van der Waals surface area contributed by atoms with Gasteiger partial charge in [-0.15, -0.1) is 0 Å². The van der Waals surface area contributed by atoms with Crippen molar-refractivity contribution in [3.05, 3.63) is 48.3 Å². The van der Waals surface area contributed by atoms with E-state index in [1.807, 2.05) is 19.9 Å². The fourth-order valence-corrected chi connectivity index (χ4v) is 3.16. The van der Waals surface area contributed by atoms with Crippen LogP contribution in [0.1, 0.15) is 43.0 Å². The van der Waals surface area contributed by atoms with E-state index in [0.717, 1.165) is 19.4 Å². The minimum Gasteiger partial charge on any atom is -0.467 e. The van der Waals surface area contributed by atoms with Crippen molar-refractivity contribution in [2.75, 3.05) is 19.7 Å².